The maximum atomic E-state index is 12.7. The maximum absolute atomic E-state index is 12.7. The van der Waals surface area contributed by atoms with Gasteiger partial charge in [-0.1, -0.05) is 30.3 Å². The monoisotopic (exact) mass is 394 g/mol. The smallest absolute Gasteiger partial charge is 0.270 e. The van der Waals surface area contributed by atoms with Crippen molar-refractivity contribution < 1.29 is 4.79 Å². The minimum absolute atomic E-state index is 0.0496. The Hall–Kier alpha value is -2.67. The Morgan fingerprint density at radius 1 is 1.21 bits per heavy atom. The van der Waals surface area contributed by atoms with E-state index >= 15 is 0 Å². The van der Waals surface area contributed by atoms with Crippen molar-refractivity contribution in [1.29, 1.82) is 0 Å². The number of carbonyl (C=O) groups excluding carboxylic acids is 1. The number of nitrogens with one attached hydrogen (secondary N) is 2. The van der Waals surface area contributed by atoms with Crippen molar-refractivity contribution in [3.8, 4) is 11.1 Å². The molecule has 1 amide bonds. The lowest BCUT2D eigenvalue weighted by molar-refractivity contribution is -0.125. The van der Waals surface area contributed by atoms with Crippen LogP contribution in [0.1, 0.15) is 25.7 Å². The minimum atomic E-state index is -0.114. The molecule has 2 N–H and O–H groups in total. The van der Waals surface area contributed by atoms with Gasteiger partial charge in [-0.2, -0.15) is 0 Å². The zero-order chi connectivity index (χ0) is 19.1. The van der Waals surface area contributed by atoms with Crippen molar-refractivity contribution >= 4 is 33.4 Å². The summed E-state index contributed by atoms with van der Waals surface area (Å²) in [6, 6.07) is 10.4. The molecule has 7 heteroatoms. The number of anilines is 1. The Balaban J connectivity index is 1.47. The van der Waals surface area contributed by atoms with Crippen LogP contribution in [0.15, 0.2) is 40.5 Å². The van der Waals surface area contributed by atoms with Gasteiger partial charge in [0.15, 0.2) is 0 Å². The van der Waals surface area contributed by atoms with Crippen LogP contribution in [-0.2, 0) is 4.79 Å². The van der Waals surface area contributed by atoms with E-state index in [0.29, 0.717) is 23.2 Å². The predicted octanol–water partition coefficient (Wildman–Crippen LogP) is 3.15. The molecule has 28 heavy (non-hydrogen) atoms. The van der Waals surface area contributed by atoms with Gasteiger partial charge in [0, 0.05) is 30.1 Å². The molecule has 1 saturated heterocycles. The molecule has 0 unspecified atom stereocenters. The van der Waals surface area contributed by atoms with E-state index in [-0.39, 0.29) is 17.4 Å². The van der Waals surface area contributed by atoms with Crippen LogP contribution in [0.5, 0.6) is 0 Å². The van der Waals surface area contributed by atoms with Gasteiger partial charge in [0.2, 0.25) is 11.9 Å². The summed E-state index contributed by atoms with van der Waals surface area (Å²) < 4.78 is 0.641. The molecule has 1 aliphatic carbocycles. The van der Waals surface area contributed by atoms with Crippen molar-refractivity contribution in [2.24, 2.45) is 5.92 Å². The van der Waals surface area contributed by atoms with Crippen LogP contribution in [0, 0.1) is 5.92 Å². The molecule has 0 spiro atoms. The molecule has 1 aliphatic heterocycles. The van der Waals surface area contributed by atoms with Crippen LogP contribution >= 0.6 is 11.3 Å². The summed E-state index contributed by atoms with van der Waals surface area (Å²) in [4.78, 5) is 34.9. The van der Waals surface area contributed by atoms with Gasteiger partial charge in [-0.3, -0.25) is 14.6 Å². The first-order valence-electron chi connectivity index (χ1n) is 9.81. The summed E-state index contributed by atoms with van der Waals surface area (Å²) in [6.07, 6.45) is 3.98. The molecular weight excluding hydrogens is 372 g/mol. The fourth-order valence-electron chi connectivity index (χ4n) is 3.82. The summed E-state index contributed by atoms with van der Waals surface area (Å²) in [6.45, 7) is 1.39. The molecule has 2 aliphatic rings. The highest BCUT2D eigenvalue weighted by Gasteiger charge is 2.31. The zero-order valence-corrected chi connectivity index (χ0v) is 16.3. The number of nitrogens with zero attached hydrogens (tertiary/aromatic N) is 2. The number of hydrogen-bond donors (Lipinski definition) is 2. The lowest BCUT2D eigenvalue weighted by atomic mass is 9.97. The van der Waals surface area contributed by atoms with Gasteiger partial charge in [0.1, 0.15) is 4.70 Å². The normalized spacial score (nSPS) is 19.7. The number of hydrogen-bond acceptors (Lipinski definition) is 5. The lowest BCUT2D eigenvalue weighted by Crippen LogP contribution is -2.44. The molecule has 1 saturated carbocycles. The number of aromatic nitrogens is 2. The van der Waals surface area contributed by atoms with Gasteiger partial charge in [-0.25, -0.2) is 4.98 Å². The van der Waals surface area contributed by atoms with E-state index in [1.807, 2.05) is 40.6 Å². The second-order valence-corrected chi connectivity index (χ2v) is 8.53. The van der Waals surface area contributed by atoms with Crippen LogP contribution in [0.2, 0.25) is 0 Å². The van der Waals surface area contributed by atoms with Crippen molar-refractivity contribution in [2.45, 2.75) is 31.7 Å². The van der Waals surface area contributed by atoms with E-state index in [1.54, 1.807) is 0 Å². The van der Waals surface area contributed by atoms with Crippen molar-refractivity contribution in [3.63, 3.8) is 0 Å². The second-order valence-electron chi connectivity index (χ2n) is 7.65. The highest BCUT2D eigenvalue weighted by Crippen LogP contribution is 2.32. The van der Waals surface area contributed by atoms with Crippen LogP contribution in [0.25, 0.3) is 21.3 Å². The molecule has 2 fully saturated rings. The first-order chi connectivity index (χ1) is 13.7. The topological polar surface area (TPSA) is 78.1 Å². The molecule has 5 rings (SSSR count). The molecule has 2 aromatic heterocycles. The Morgan fingerprint density at radius 2 is 2.04 bits per heavy atom. The average Bonchev–Trinajstić information content (AvgIpc) is 3.43. The number of fused-ring (bicyclic) bond motifs is 1. The third kappa shape index (κ3) is 3.30. The van der Waals surface area contributed by atoms with Crippen LogP contribution < -0.4 is 15.8 Å². The zero-order valence-electron chi connectivity index (χ0n) is 15.5. The lowest BCUT2D eigenvalue weighted by Gasteiger charge is -2.32. The summed E-state index contributed by atoms with van der Waals surface area (Å²) in [5.74, 6) is 0.652. The molecule has 3 heterocycles. The number of piperidine rings is 1. The molecule has 144 valence electrons. The van der Waals surface area contributed by atoms with E-state index in [1.165, 1.54) is 11.3 Å². The van der Waals surface area contributed by atoms with Crippen molar-refractivity contribution in [3.05, 3.63) is 46.1 Å². The Bertz CT molecular complexity index is 1070. The van der Waals surface area contributed by atoms with Gasteiger partial charge >= 0.3 is 0 Å². The molecule has 0 radical (unpaired) electrons. The third-order valence-electron chi connectivity index (χ3n) is 5.51. The number of amides is 1. The van der Waals surface area contributed by atoms with Gasteiger partial charge in [0.25, 0.3) is 5.56 Å². The van der Waals surface area contributed by atoms with Gasteiger partial charge in [0.05, 0.1) is 11.4 Å². The number of aromatic amines is 1. The molecular formula is C21H22N4O2S. The standard InChI is InChI=1S/C21H22N4O2S/c26-19(22-15-8-9-15)14-7-4-10-25(11-14)21-23-17-16(13-5-2-1-3-6-13)12-28-18(17)20(27)24-21/h1-3,5-6,12,14-15H,4,7-11H2,(H,22,26)(H,23,24,27)/t14-/m0/s1. The number of H-pyrrole nitrogens is 1. The van der Waals surface area contributed by atoms with Crippen LogP contribution in [-0.4, -0.2) is 35.0 Å². The Labute approximate surface area is 166 Å². The maximum Gasteiger partial charge on any atom is 0.270 e. The number of benzene rings is 1. The largest absolute Gasteiger partial charge is 0.353 e. The summed E-state index contributed by atoms with van der Waals surface area (Å²) in [7, 11) is 0. The van der Waals surface area contributed by atoms with E-state index < -0.39 is 0 Å². The highest BCUT2D eigenvalue weighted by atomic mass is 32.1. The molecule has 0 bridgehead atoms. The predicted molar refractivity (Wildman–Crippen MR) is 112 cm³/mol. The fourth-order valence-corrected chi connectivity index (χ4v) is 4.73. The number of rotatable bonds is 4. The van der Waals surface area contributed by atoms with Crippen molar-refractivity contribution in [2.75, 3.05) is 18.0 Å². The first kappa shape index (κ1) is 17.4. The second kappa shape index (κ2) is 7.05. The molecule has 3 aromatic rings. The van der Waals surface area contributed by atoms with Crippen molar-refractivity contribution in [1.82, 2.24) is 15.3 Å². The van der Waals surface area contributed by atoms with E-state index in [2.05, 4.69) is 10.3 Å². The number of thiophene rings is 1. The summed E-state index contributed by atoms with van der Waals surface area (Å²) >= 11 is 1.42. The summed E-state index contributed by atoms with van der Waals surface area (Å²) in [5, 5.41) is 5.10. The van der Waals surface area contributed by atoms with Gasteiger partial charge < -0.3 is 10.2 Å². The van der Waals surface area contributed by atoms with Crippen LogP contribution in [0.4, 0.5) is 5.95 Å². The highest BCUT2D eigenvalue weighted by molar-refractivity contribution is 7.17. The van der Waals surface area contributed by atoms with E-state index in [0.717, 1.165) is 48.9 Å². The minimum Gasteiger partial charge on any atom is -0.353 e. The number of carbonyl (C=O) groups is 1. The van der Waals surface area contributed by atoms with E-state index in [9.17, 15) is 9.59 Å². The Morgan fingerprint density at radius 3 is 2.82 bits per heavy atom. The van der Waals surface area contributed by atoms with E-state index in [4.69, 9.17) is 4.98 Å². The fraction of sp³-hybridized carbons (Fsp3) is 0.381. The molecule has 1 aromatic carbocycles. The molecule has 1 atom stereocenters. The Kier molecular flexibility index (Phi) is 4.39. The third-order valence-corrected chi connectivity index (χ3v) is 6.48. The quantitative estimate of drug-likeness (QED) is 0.713. The first-order valence-corrected chi connectivity index (χ1v) is 10.7. The SMILES string of the molecule is O=C(NC1CC1)[C@H]1CCCN(c2nc3c(-c4ccccc4)csc3c(=O)[nH]2)C1. The summed E-state index contributed by atoms with van der Waals surface area (Å²) in [5.41, 5.74) is 2.65. The molecule has 6 nitrogen and oxygen atoms in total. The van der Waals surface area contributed by atoms with Gasteiger partial charge in [-0.15, -0.1) is 11.3 Å². The average molecular weight is 395 g/mol. The van der Waals surface area contributed by atoms with Gasteiger partial charge in [-0.05, 0) is 31.2 Å². The van der Waals surface area contributed by atoms with Crippen LogP contribution in [0.3, 0.4) is 0 Å².